The molecule has 0 heterocycles. The van der Waals surface area contributed by atoms with Gasteiger partial charge in [0, 0.05) is 23.0 Å². The highest BCUT2D eigenvalue weighted by Crippen LogP contribution is 2.39. The standard InChI is InChI=1S/C53H100O8S4/c1-7-11-15-19-23-25-29-33-39-62-43-35-48(54)58-47-52(5,6)53(59-49(55)36-44-63-40-31-27-21-17-13-9-3,60-50(56)37-45-64-41-32-28-22-18-14-10-4)61-51(57)38-46-65-42-34-30-26-24-20-16-12-8-2/h7-47H2,1-6H3. The molecule has 8 nitrogen and oxygen atoms in total. The summed E-state index contributed by atoms with van der Waals surface area (Å²) < 4.78 is 24.0. The zero-order chi connectivity index (χ0) is 48.0. The second-order valence-electron chi connectivity index (χ2n) is 18.5. The van der Waals surface area contributed by atoms with E-state index in [9.17, 15) is 19.2 Å². The summed E-state index contributed by atoms with van der Waals surface area (Å²) in [5.74, 6) is 1.40. The van der Waals surface area contributed by atoms with E-state index in [0.717, 1.165) is 48.7 Å². The molecule has 65 heavy (non-hydrogen) atoms. The molecule has 0 N–H and O–H groups in total. The van der Waals surface area contributed by atoms with Crippen LogP contribution in [0.4, 0.5) is 0 Å². The molecule has 0 saturated carbocycles. The summed E-state index contributed by atoms with van der Waals surface area (Å²) in [4.78, 5) is 54.2. The van der Waals surface area contributed by atoms with Gasteiger partial charge in [-0.05, 0) is 62.5 Å². The summed E-state index contributed by atoms with van der Waals surface area (Å²) in [6.45, 7) is 12.0. The number of rotatable bonds is 50. The van der Waals surface area contributed by atoms with Crippen LogP contribution >= 0.6 is 47.0 Å². The fourth-order valence-corrected chi connectivity index (χ4v) is 10.9. The first-order chi connectivity index (χ1) is 31.6. The van der Waals surface area contributed by atoms with Gasteiger partial charge in [-0.1, -0.05) is 182 Å². The number of unbranched alkanes of at least 4 members (excludes halogenated alkanes) is 24. The fourth-order valence-electron chi connectivity index (χ4n) is 7.18. The molecule has 0 saturated heterocycles. The molecule has 0 radical (unpaired) electrons. The highest BCUT2D eigenvalue weighted by atomic mass is 32.2. The number of hydrogen-bond acceptors (Lipinski definition) is 12. The van der Waals surface area contributed by atoms with Crippen molar-refractivity contribution in [1.82, 2.24) is 0 Å². The predicted octanol–water partition coefficient (Wildman–Crippen LogP) is 16.3. The van der Waals surface area contributed by atoms with Gasteiger partial charge in [-0.15, -0.1) is 0 Å². The molecule has 0 aliphatic heterocycles. The molecule has 0 rings (SSSR count). The molecule has 0 aromatic carbocycles. The molecule has 384 valence electrons. The molecule has 0 aliphatic carbocycles. The molecule has 0 aliphatic rings. The number of thioether (sulfide) groups is 4. The topological polar surface area (TPSA) is 105 Å². The van der Waals surface area contributed by atoms with Gasteiger partial charge in [0.25, 0.3) is 0 Å². The average Bonchev–Trinajstić information content (AvgIpc) is 3.28. The predicted molar refractivity (Wildman–Crippen MR) is 285 cm³/mol. The van der Waals surface area contributed by atoms with Crippen LogP contribution in [0.25, 0.3) is 0 Å². The van der Waals surface area contributed by atoms with E-state index in [1.165, 1.54) is 154 Å². The summed E-state index contributed by atoms with van der Waals surface area (Å²) in [6, 6.07) is 0. The van der Waals surface area contributed by atoms with Crippen molar-refractivity contribution in [3.8, 4) is 0 Å². The van der Waals surface area contributed by atoms with Crippen molar-refractivity contribution in [2.45, 2.75) is 253 Å². The van der Waals surface area contributed by atoms with Crippen molar-refractivity contribution in [3.05, 3.63) is 0 Å². The van der Waals surface area contributed by atoms with Crippen LogP contribution < -0.4 is 0 Å². The van der Waals surface area contributed by atoms with E-state index in [0.29, 0.717) is 23.0 Å². The van der Waals surface area contributed by atoms with Gasteiger partial charge in [0.1, 0.15) is 12.0 Å². The summed E-state index contributed by atoms with van der Waals surface area (Å²) >= 11 is 6.84. The minimum atomic E-state index is -2.40. The molecular formula is C53H100O8S4. The third-order valence-electron chi connectivity index (χ3n) is 11.5. The van der Waals surface area contributed by atoms with Crippen LogP contribution in [-0.4, -0.2) is 82.5 Å². The quantitative estimate of drug-likeness (QED) is 0.0329. The molecular weight excluding hydrogens is 893 g/mol. The third-order valence-corrected chi connectivity index (χ3v) is 15.8. The van der Waals surface area contributed by atoms with Gasteiger partial charge in [0.15, 0.2) is 0 Å². The zero-order valence-corrected chi connectivity index (χ0v) is 46.2. The van der Waals surface area contributed by atoms with Crippen LogP contribution in [0, 0.1) is 5.41 Å². The Kier molecular flexibility index (Phi) is 46.5. The molecule has 0 unspecified atom stereocenters. The Hall–Kier alpha value is -0.720. The molecule has 0 atom stereocenters. The van der Waals surface area contributed by atoms with E-state index in [1.54, 1.807) is 60.9 Å². The summed E-state index contributed by atoms with van der Waals surface area (Å²) in [7, 11) is 0. The molecule has 12 heteroatoms. The molecule has 0 spiro atoms. The summed E-state index contributed by atoms with van der Waals surface area (Å²) in [5, 5.41) is 0. The smallest absolute Gasteiger partial charge is 0.432 e. The SMILES string of the molecule is CCCCCCCCCCSCCC(=O)OCC(C)(C)C(OC(=O)CCSCCCCCCCC)(OC(=O)CCSCCCCCCCC)OC(=O)CCSCCCCCCCCCC. The first-order valence-corrected chi connectivity index (χ1v) is 31.3. The van der Waals surface area contributed by atoms with Gasteiger partial charge < -0.3 is 18.9 Å². The van der Waals surface area contributed by atoms with Gasteiger partial charge >= 0.3 is 29.9 Å². The first-order valence-electron chi connectivity index (χ1n) is 26.7. The second-order valence-corrected chi connectivity index (χ2v) is 23.4. The number of esters is 4. The highest BCUT2D eigenvalue weighted by Gasteiger charge is 2.58. The Morgan fingerprint density at radius 1 is 0.323 bits per heavy atom. The number of carbonyl (C=O) groups excluding carboxylic acids is 4. The largest absolute Gasteiger partial charge is 0.465 e. The van der Waals surface area contributed by atoms with E-state index in [-0.39, 0.29) is 32.3 Å². The lowest BCUT2D eigenvalue weighted by molar-refractivity contribution is -0.377. The van der Waals surface area contributed by atoms with Gasteiger partial charge in [-0.2, -0.15) is 47.0 Å². The van der Waals surface area contributed by atoms with Crippen molar-refractivity contribution < 1.29 is 38.1 Å². The molecule has 0 aromatic rings. The van der Waals surface area contributed by atoms with Gasteiger partial charge in [0.2, 0.25) is 0 Å². The molecule has 0 aromatic heterocycles. The monoisotopic (exact) mass is 993 g/mol. The Balaban J connectivity index is 5.74. The maximum Gasteiger partial charge on any atom is 0.432 e. The lowest BCUT2D eigenvalue weighted by Crippen LogP contribution is -2.57. The third kappa shape index (κ3) is 39.8. The average molecular weight is 994 g/mol. The number of carbonyl (C=O) groups is 4. The first kappa shape index (κ1) is 64.3. The molecule has 0 amide bonds. The summed E-state index contributed by atoms with van der Waals surface area (Å²) in [5.41, 5.74) is -1.41. The second kappa shape index (κ2) is 47.0. The van der Waals surface area contributed by atoms with Crippen LogP contribution in [0.5, 0.6) is 0 Å². The Bertz CT molecular complexity index is 1090. The Morgan fingerprint density at radius 3 is 0.815 bits per heavy atom. The fraction of sp³-hybridized carbons (Fsp3) is 0.925. The van der Waals surface area contributed by atoms with E-state index < -0.39 is 35.3 Å². The normalized spacial score (nSPS) is 11.8. The van der Waals surface area contributed by atoms with Crippen LogP contribution in [0.2, 0.25) is 0 Å². The van der Waals surface area contributed by atoms with Crippen molar-refractivity contribution in [2.24, 2.45) is 5.41 Å². The van der Waals surface area contributed by atoms with Crippen molar-refractivity contribution in [3.63, 3.8) is 0 Å². The minimum absolute atomic E-state index is 0.0614. The maximum atomic E-state index is 13.7. The van der Waals surface area contributed by atoms with Gasteiger partial charge in [-0.25, -0.2) is 0 Å². The van der Waals surface area contributed by atoms with E-state index >= 15 is 0 Å². The molecule has 0 bridgehead atoms. The van der Waals surface area contributed by atoms with Crippen LogP contribution in [0.1, 0.15) is 247 Å². The lowest BCUT2D eigenvalue weighted by Gasteiger charge is -2.41. The van der Waals surface area contributed by atoms with E-state index in [2.05, 4.69) is 27.7 Å². The van der Waals surface area contributed by atoms with Crippen molar-refractivity contribution in [1.29, 1.82) is 0 Å². The van der Waals surface area contributed by atoms with Crippen LogP contribution in [0.3, 0.4) is 0 Å². The van der Waals surface area contributed by atoms with E-state index in [1.807, 2.05) is 0 Å². The highest BCUT2D eigenvalue weighted by molar-refractivity contribution is 7.99. The van der Waals surface area contributed by atoms with Gasteiger partial charge in [0.05, 0.1) is 25.7 Å². The lowest BCUT2D eigenvalue weighted by atomic mass is 9.90. The Morgan fingerprint density at radius 2 is 0.554 bits per heavy atom. The number of hydrogen-bond donors (Lipinski definition) is 0. The molecule has 0 fully saturated rings. The van der Waals surface area contributed by atoms with Crippen LogP contribution in [0.15, 0.2) is 0 Å². The zero-order valence-electron chi connectivity index (χ0n) is 42.9. The maximum absolute atomic E-state index is 13.7. The van der Waals surface area contributed by atoms with Crippen molar-refractivity contribution >= 4 is 70.9 Å². The van der Waals surface area contributed by atoms with E-state index in [4.69, 9.17) is 18.9 Å². The summed E-state index contributed by atoms with van der Waals surface area (Å²) in [6.07, 6.45) is 35.0. The minimum Gasteiger partial charge on any atom is -0.465 e. The van der Waals surface area contributed by atoms with Crippen molar-refractivity contribution in [2.75, 3.05) is 52.6 Å². The Labute approximate surface area is 417 Å². The number of ether oxygens (including phenoxy) is 4. The van der Waals surface area contributed by atoms with Crippen LogP contribution in [-0.2, 0) is 38.1 Å². The van der Waals surface area contributed by atoms with Gasteiger partial charge in [-0.3, -0.25) is 19.2 Å².